The largest absolute Gasteiger partial charge is 0.394 e. The van der Waals surface area contributed by atoms with E-state index in [9.17, 15) is 0 Å². The summed E-state index contributed by atoms with van der Waals surface area (Å²) in [5.74, 6) is 0. The second kappa shape index (κ2) is 4.11. The summed E-state index contributed by atoms with van der Waals surface area (Å²) in [5.41, 5.74) is 11.9. The van der Waals surface area contributed by atoms with Gasteiger partial charge in [-0.2, -0.15) is 0 Å². The first kappa shape index (κ1) is 11.2. The van der Waals surface area contributed by atoms with Crippen LogP contribution in [0.3, 0.4) is 0 Å². The normalized spacial score (nSPS) is 13.0. The van der Waals surface area contributed by atoms with Crippen LogP contribution < -0.4 is 5.73 Å². The Hall–Kier alpha value is -0.860. The zero-order valence-corrected chi connectivity index (χ0v) is 9.39. The van der Waals surface area contributed by atoms with Gasteiger partial charge in [0.1, 0.15) is 0 Å². The first-order valence-electron chi connectivity index (χ1n) is 4.92. The number of hydrogen-bond acceptors (Lipinski definition) is 2. The molecule has 14 heavy (non-hydrogen) atoms. The average Bonchev–Trinajstić information content (AvgIpc) is 2.19. The number of aliphatic hydroxyl groups is 1. The summed E-state index contributed by atoms with van der Waals surface area (Å²) in [6, 6.07) is 1.83. The molecule has 0 aromatic heterocycles. The maximum absolute atomic E-state index is 9.04. The second-order valence-electron chi connectivity index (χ2n) is 3.95. The highest BCUT2D eigenvalue weighted by Gasteiger charge is 2.12. The summed E-state index contributed by atoms with van der Waals surface area (Å²) in [7, 11) is 0. The molecule has 0 aliphatic heterocycles. The third-order valence-corrected chi connectivity index (χ3v) is 3.12. The van der Waals surface area contributed by atoms with Crippen LogP contribution in [0.15, 0.2) is 6.07 Å². The minimum absolute atomic E-state index is 0.00276. The molecule has 0 spiro atoms. The molecule has 1 aromatic carbocycles. The lowest BCUT2D eigenvalue weighted by Gasteiger charge is -2.17. The van der Waals surface area contributed by atoms with Gasteiger partial charge in [0.2, 0.25) is 0 Å². The SMILES string of the molecule is Cc1cc(C(N)CO)c(C)c(C)c1C. The molecule has 78 valence electrons. The Balaban J connectivity index is 3.33. The Morgan fingerprint density at radius 3 is 2.21 bits per heavy atom. The van der Waals surface area contributed by atoms with Crippen LogP contribution in [0, 0.1) is 27.7 Å². The summed E-state index contributed by atoms with van der Waals surface area (Å²) in [6.45, 7) is 8.36. The van der Waals surface area contributed by atoms with E-state index < -0.39 is 0 Å². The van der Waals surface area contributed by atoms with Crippen molar-refractivity contribution in [3.63, 3.8) is 0 Å². The predicted molar refractivity (Wildman–Crippen MR) is 59.4 cm³/mol. The molecule has 1 atom stereocenters. The highest BCUT2D eigenvalue weighted by atomic mass is 16.3. The van der Waals surface area contributed by atoms with E-state index in [1.54, 1.807) is 0 Å². The molecular formula is C12H19NO. The highest BCUT2D eigenvalue weighted by Crippen LogP contribution is 2.24. The topological polar surface area (TPSA) is 46.2 Å². The van der Waals surface area contributed by atoms with Crippen LogP contribution in [-0.2, 0) is 0 Å². The van der Waals surface area contributed by atoms with E-state index in [4.69, 9.17) is 10.8 Å². The van der Waals surface area contributed by atoms with Gasteiger partial charge in [0.05, 0.1) is 12.6 Å². The summed E-state index contributed by atoms with van der Waals surface area (Å²) in [5, 5.41) is 9.04. The summed E-state index contributed by atoms with van der Waals surface area (Å²) in [6.07, 6.45) is 0. The van der Waals surface area contributed by atoms with Crippen molar-refractivity contribution in [2.75, 3.05) is 6.61 Å². The van der Waals surface area contributed by atoms with Crippen LogP contribution >= 0.6 is 0 Å². The molecule has 0 bridgehead atoms. The van der Waals surface area contributed by atoms with Crippen molar-refractivity contribution >= 4 is 0 Å². The number of aryl methyl sites for hydroxylation is 1. The molecule has 0 heterocycles. The molecule has 0 radical (unpaired) electrons. The van der Waals surface area contributed by atoms with Crippen molar-refractivity contribution in [1.29, 1.82) is 0 Å². The van der Waals surface area contributed by atoms with Crippen LogP contribution in [0.1, 0.15) is 33.9 Å². The molecule has 0 saturated carbocycles. The smallest absolute Gasteiger partial charge is 0.0624 e. The van der Waals surface area contributed by atoms with E-state index in [1.165, 1.54) is 22.3 Å². The first-order chi connectivity index (χ1) is 6.49. The molecule has 1 unspecified atom stereocenters. The average molecular weight is 193 g/mol. The maximum atomic E-state index is 9.04. The Morgan fingerprint density at radius 1 is 1.14 bits per heavy atom. The molecule has 0 amide bonds. The van der Waals surface area contributed by atoms with Gasteiger partial charge >= 0.3 is 0 Å². The first-order valence-corrected chi connectivity index (χ1v) is 4.92. The lowest BCUT2D eigenvalue weighted by atomic mass is 9.91. The van der Waals surface area contributed by atoms with Crippen LogP contribution in [0.5, 0.6) is 0 Å². The third-order valence-electron chi connectivity index (χ3n) is 3.12. The van der Waals surface area contributed by atoms with Crippen LogP contribution in [0.4, 0.5) is 0 Å². The van der Waals surface area contributed by atoms with E-state index in [0.717, 1.165) is 5.56 Å². The van der Waals surface area contributed by atoms with E-state index in [1.807, 2.05) is 0 Å². The molecule has 0 aliphatic carbocycles. The van der Waals surface area contributed by atoms with E-state index >= 15 is 0 Å². The predicted octanol–water partition coefficient (Wildman–Crippen LogP) is 1.91. The molecule has 0 saturated heterocycles. The monoisotopic (exact) mass is 193 g/mol. The van der Waals surface area contributed by atoms with Gasteiger partial charge in [-0.1, -0.05) is 6.07 Å². The molecule has 2 nitrogen and oxygen atoms in total. The zero-order valence-electron chi connectivity index (χ0n) is 9.39. The summed E-state index contributed by atoms with van der Waals surface area (Å²) in [4.78, 5) is 0. The highest BCUT2D eigenvalue weighted by molar-refractivity contribution is 5.44. The van der Waals surface area contributed by atoms with E-state index in [-0.39, 0.29) is 12.6 Å². The molecule has 0 aliphatic rings. The van der Waals surface area contributed by atoms with Crippen molar-refractivity contribution in [2.45, 2.75) is 33.7 Å². The van der Waals surface area contributed by atoms with E-state index in [0.29, 0.717) is 0 Å². The van der Waals surface area contributed by atoms with Gasteiger partial charge in [-0.3, -0.25) is 0 Å². The molecule has 1 aromatic rings. The van der Waals surface area contributed by atoms with Crippen molar-refractivity contribution in [2.24, 2.45) is 5.73 Å². The van der Waals surface area contributed by atoms with E-state index in [2.05, 4.69) is 33.8 Å². The Morgan fingerprint density at radius 2 is 1.71 bits per heavy atom. The second-order valence-corrected chi connectivity index (χ2v) is 3.95. The van der Waals surface area contributed by atoms with Crippen molar-refractivity contribution in [1.82, 2.24) is 0 Å². The number of benzene rings is 1. The minimum atomic E-state index is -0.256. The molecule has 0 fully saturated rings. The zero-order chi connectivity index (χ0) is 10.9. The summed E-state index contributed by atoms with van der Waals surface area (Å²) >= 11 is 0. The lowest BCUT2D eigenvalue weighted by molar-refractivity contribution is 0.267. The molecular weight excluding hydrogens is 174 g/mol. The van der Waals surface area contributed by atoms with Crippen LogP contribution in [0.25, 0.3) is 0 Å². The molecule has 3 N–H and O–H groups in total. The number of rotatable bonds is 2. The van der Waals surface area contributed by atoms with Crippen LogP contribution in [0.2, 0.25) is 0 Å². The van der Waals surface area contributed by atoms with Crippen molar-refractivity contribution in [3.8, 4) is 0 Å². The number of aliphatic hydroxyl groups excluding tert-OH is 1. The standard InChI is InChI=1S/C12H19NO/c1-7-5-11(12(13)6-14)10(4)9(3)8(7)2/h5,12,14H,6,13H2,1-4H3. The van der Waals surface area contributed by atoms with Gasteiger partial charge in [0.15, 0.2) is 0 Å². The van der Waals surface area contributed by atoms with Crippen molar-refractivity contribution < 1.29 is 5.11 Å². The maximum Gasteiger partial charge on any atom is 0.0624 e. The Labute approximate surface area is 85.8 Å². The van der Waals surface area contributed by atoms with Crippen LogP contribution in [-0.4, -0.2) is 11.7 Å². The van der Waals surface area contributed by atoms with Crippen molar-refractivity contribution in [3.05, 3.63) is 33.9 Å². The Bertz CT molecular complexity index is 345. The minimum Gasteiger partial charge on any atom is -0.394 e. The molecule has 2 heteroatoms. The van der Waals surface area contributed by atoms with Gasteiger partial charge in [-0.25, -0.2) is 0 Å². The number of hydrogen-bond donors (Lipinski definition) is 2. The van der Waals surface area contributed by atoms with Gasteiger partial charge in [0.25, 0.3) is 0 Å². The lowest BCUT2D eigenvalue weighted by Crippen LogP contribution is -2.17. The fourth-order valence-corrected chi connectivity index (χ4v) is 1.73. The Kier molecular flexibility index (Phi) is 3.29. The molecule has 1 rings (SSSR count). The van der Waals surface area contributed by atoms with Gasteiger partial charge < -0.3 is 10.8 Å². The van der Waals surface area contributed by atoms with Gasteiger partial charge in [-0.05, 0) is 55.5 Å². The van der Waals surface area contributed by atoms with Gasteiger partial charge in [-0.15, -0.1) is 0 Å². The third kappa shape index (κ3) is 1.81. The summed E-state index contributed by atoms with van der Waals surface area (Å²) < 4.78 is 0. The fourth-order valence-electron chi connectivity index (χ4n) is 1.73. The quantitative estimate of drug-likeness (QED) is 0.753. The van der Waals surface area contributed by atoms with Gasteiger partial charge in [0, 0.05) is 0 Å². The number of nitrogens with two attached hydrogens (primary N) is 1. The fraction of sp³-hybridized carbons (Fsp3) is 0.500.